The fourth-order valence-electron chi connectivity index (χ4n) is 6.83. The third kappa shape index (κ3) is 3.32. The zero-order valence-electron chi connectivity index (χ0n) is 20.7. The van der Waals surface area contributed by atoms with Gasteiger partial charge in [0.05, 0.1) is 0 Å². The van der Waals surface area contributed by atoms with Crippen LogP contribution in [0.3, 0.4) is 0 Å². The molecule has 2 atom stereocenters. The summed E-state index contributed by atoms with van der Waals surface area (Å²) in [7, 11) is -2.70. The van der Waals surface area contributed by atoms with Gasteiger partial charge in [0.25, 0.3) is 0 Å². The minimum atomic E-state index is -2.13. The monoisotopic (exact) mass is 478 g/mol. The molecule has 0 radical (unpaired) electrons. The molecule has 162 valence electrons. The second kappa shape index (κ2) is 7.03. The van der Waals surface area contributed by atoms with Crippen molar-refractivity contribution in [2.75, 3.05) is 0 Å². The molecule has 3 aliphatic rings. The SMILES string of the molecule is CC1=Cc2c(cccc2[Si](C)(C)C)[CH]1[Ti]1([CH]2C(C)=Cc3c2cccc3[Si](C)(C)C)[CH2][CH2]1. The molecule has 1 fully saturated rings. The predicted molar refractivity (Wildman–Crippen MR) is 141 cm³/mol. The van der Waals surface area contributed by atoms with Gasteiger partial charge in [-0.15, -0.1) is 0 Å². The molecule has 2 aromatic rings. The van der Waals surface area contributed by atoms with Crippen molar-refractivity contribution in [3.05, 3.63) is 69.8 Å². The van der Waals surface area contributed by atoms with Crippen molar-refractivity contribution in [3.8, 4) is 0 Å². The van der Waals surface area contributed by atoms with Crippen LogP contribution in [0.2, 0.25) is 48.7 Å². The number of rotatable bonds is 4. The van der Waals surface area contributed by atoms with Crippen LogP contribution in [0.4, 0.5) is 0 Å². The van der Waals surface area contributed by atoms with Crippen LogP contribution >= 0.6 is 0 Å². The van der Waals surface area contributed by atoms with Gasteiger partial charge in [0.2, 0.25) is 0 Å². The van der Waals surface area contributed by atoms with E-state index in [2.05, 4.69) is 102 Å². The van der Waals surface area contributed by atoms with E-state index in [1.807, 2.05) is 0 Å². The van der Waals surface area contributed by atoms with Crippen LogP contribution in [0.25, 0.3) is 12.2 Å². The summed E-state index contributed by atoms with van der Waals surface area (Å²) in [5, 5.41) is 3.34. The molecule has 3 heteroatoms. The molecule has 0 N–H and O–H groups in total. The Morgan fingerprint density at radius 2 is 1.03 bits per heavy atom. The van der Waals surface area contributed by atoms with Gasteiger partial charge in [-0.1, -0.05) is 0 Å². The quantitative estimate of drug-likeness (QED) is 0.402. The molecule has 5 rings (SSSR count). The first-order valence-corrected chi connectivity index (χ1v) is 23.1. The molecule has 31 heavy (non-hydrogen) atoms. The summed E-state index contributed by atoms with van der Waals surface area (Å²) in [5.74, 6) is 0. The Hall–Kier alpha value is -0.932. The fraction of sp³-hybridized carbons (Fsp3) is 0.429. The number of benzene rings is 2. The van der Waals surface area contributed by atoms with Gasteiger partial charge in [-0.3, -0.25) is 0 Å². The van der Waals surface area contributed by atoms with E-state index in [-0.39, 0.29) is 0 Å². The van der Waals surface area contributed by atoms with Crippen LogP contribution < -0.4 is 10.4 Å². The van der Waals surface area contributed by atoms with Gasteiger partial charge in [0, 0.05) is 0 Å². The van der Waals surface area contributed by atoms with E-state index in [1.165, 1.54) is 0 Å². The zero-order chi connectivity index (χ0) is 22.3. The molecule has 0 saturated carbocycles. The van der Waals surface area contributed by atoms with Gasteiger partial charge < -0.3 is 0 Å². The van der Waals surface area contributed by atoms with Gasteiger partial charge in [-0.05, 0) is 0 Å². The van der Waals surface area contributed by atoms with Crippen LogP contribution in [0, 0.1) is 0 Å². The van der Waals surface area contributed by atoms with Crippen molar-refractivity contribution in [1.82, 2.24) is 0 Å². The Labute approximate surface area is 195 Å². The Morgan fingerprint density at radius 1 is 0.645 bits per heavy atom. The average molecular weight is 479 g/mol. The summed E-state index contributed by atoms with van der Waals surface area (Å²) in [5.41, 5.74) is 10.0. The van der Waals surface area contributed by atoms with E-state index < -0.39 is 32.7 Å². The van der Waals surface area contributed by atoms with Crippen LogP contribution in [0.1, 0.15) is 44.5 Å². The van der Waals surface area contributed by atoms with E-state index in [0.717, 1.165) is 8.45 Å². The van der Waals surface area contributed by atoms with Gasteiger partial charge in [0.15, 0.2) is 0 Å². The molecule has 0 amide bonds. The van der Waals surface area contributed by atoms with Crippen LogP contribution in [-0.4, -0.2) is 16.1 Å². The first-order chi connectivity index (χ1) is 14.4. The van der Waals surface area contributed by atoms with Crippen molar-refractivity contribution in [2.45, 2.75) is 71.0 Å². The first kappa shape index (κ1) is 21.9. The summed E-state index contributed by atoms with van der Waals surface area (Å²) in [6, 6.07) is 14.6. The molecule has 1 aliphatic heterocycles. The molecule has 0 aromatic heterocycles. The summed E-state index contributed by atoms with van der Waals surface area (Å²) in [6.45, 7) is 19.9. The van der Waals surface area contributed by atoms with Crippen LogP contribution in [-0.2, 0) is 16.6 Å². The Kier molecular flexibility index (Phi) is 4.97. The van der Waals surface area contributed by atoms with Crippen molar-refractivity contribution in [2.24, 2.45) is 0 Å². The molecule has 2 aliphatic carbocycles. The Morgan fingerprint density at radius 3 is 1.35 bits per heavy atom. The van der Waals surface area contributed by atoms with E-state index in [4.69, 9.17) is 0 Å². The Bertz CT molecular complexity index is 1050. The van der Waals surface area contributed by atoms with E-state index in [0.29, 0.717) is 0 Å². The first-order valence-electron chi connectivity index (χ1n) is 12.1. The summed E-state index contributed by atoms with van der Waals surface area (Å²) >= 11 is -2.13. The van der Waals surface area contributed by atoms with Gasteiger partial charge in [-0.2, -0.15) is 0 Å². The Balaban J connectivity index is 1.64. The van der Waals surface area contributed by atoms with Gasteiger partial charge >= 0.3 is 196 Å². The maximum atomic E-state index is 2.60. The number of fused-ring (bicyclic) bond motifs is 2. The van der Waals surface area contributed by atoms with Crippen LogP contribution in [0.5, 0.6) is 0 Å². The molecule has 0 nitrogen and oxygen atoms in total. The molecule has 1 heterocycles. The van der Waals surface area contributed by atoms with Crippen molar-refractivity contribution in [1.29, 1.82) is 0 Å². The van der Waals surface area contributed by atoms with Crippen LogP contribution in [0.15, 0.2) is 47.5 Å². The standard InChI is InChI=1S/2C13H17Si.C2H4.Ti/c2*1-10-8-11-6-5-7-13(12(11)9-10)14(2,3)4;1-2;/h2*5-9H,1-4H3;1-2H2;. The number of hydrogen-bond donors (Lipinski definition) is 0. The van der Waals surface area contributed by atoms with E-state index >= 15 is 0 Å². The molecule has 1 saturated heterocycles. The average Bonchev–Trinajstić information content (AvgIpc) is 3.23. The minimum absolute atomic E-state index is 0.765. The third-order valence-corrected chi connectivity index (χ3v) is 20.8. The number of hydrogen-bond acceptors (Lipinski definition) is 0. The van der Waals surface area contributed by atoms with Gasteiger partial charge in [0.1, 0.15) is 0 Å². The molecular formula is C28H38Si2Ti. The van der Waals surface area contributed by atoms with Crippen molar-refractivity contribution in [3.63, 3.8) is 0 Å². The summed E-state index contributed by atoms with van der Waals surface area (Å²) < 4.78 is 4.61. The number of allylic oxidation sites excluding steroid dienone is 2. The molecule has 2 unspecified atom stereocenters. The topological polar surface area (TPSA) is 0 Å². The van der Waals surface area contributed by atoms with E-state index in [9.17, 15) is 0 Å². The normalized spacial score (nSPS) is 23.9. The second-order valence-corrected chi connectivity index (χ2v) is 29.8. The zero-order valence-corrected chi connectivity index (χ0v) is 24.2. The molecule has 2 aromatic carbocycles. The predicted octanol–water partition coefficient (Wildman–Crippen LogP) is 7.40. The van der Waals surface area contributed by atoms with E-state index in [1.54, 1.807) is 53.2 Å². The molecule has 0 bridgehead atoms. The summed E-state index contributed by atoms with van der Waals surface area (Å²) in [6.07, 6.45) is 5.21. The van der Waals surface area contributed by atoms with Gasteiger partial charge in [-0.25, -0.2) is 0 Å². The van der Waals surface area contributed by atoms with Crippen molar-refractivity contribution >= 4 is 38.7 Å². The fourth-order valence-corrected chi connectivity index (χ4v) is 20.5. The molecular weight excluding hydrogens is 440 g/mol. The molecule has 0 spiro atoms. The second-order valence-electron chi connectivity index (χ2n) is 12.5. The maximum absolute atomic E-state index is 2.60. The van der Waals surface area contributed by atoms with Crippen molar-refractivity contribution < 1.29 is 16.6 Å². The summed E-state index contributed by atoms with van der Waals surface area (Å²) in [4.78, 5) is 0. The third-order valence-electron chi connectivity index (χ3n) is 8.15.